The van der Waals surface area contributed by atoms with Gasteiger partial charge in [0.15, 0.2) is 11.5 Å². The van der Waals surface area contributed by atoms with Crippen LogP contribution in [0.1, 0.15) is 19.4 Å². The van der Waals surface area contributed by atoms with Crippen molar-refractivity contribution >= 4 is 6.21 Å². The summed E-state index contributed by atoms with van der Waals surface area (Å²) in [6.07, 6.45) is 1.34. The maximum absolute atomic E-state index is 8.43. The molecular weight excluding hydrogens is 206 g/mol. The van der Waals surface area contributed by atoms with Gasteiger partial charge in [0.2, 0.25) is 0 Å². The smallest absolute Gasteiger partial charge is 0.161 e. The Balaban J connectivity index is 2.84. The van der Waals surface area contributed by atoms with Crippen LogP contribution in [0.4, 0.5) is 0 Å². The van der Waals surface area contributed by atoms with Gasteiger partial charge in [0.05, 0.1) is 19.9 Å². The van der Waals surface area contributed by atoms with Gasteiger partial charge in [-0.1, -0.05) is 19.0 Å². The Morgan fingerprint density at radius 2 is 2.12 bits per heavy atom. The molecule has 88 valence electrons. The van der Waals surface area contributed by atoms with Crippen LogP contribution in [0.25, 0.3) is 0 Å². The molecule has 0 atom stereocenters. The molecule has 0 amide bonds. The van der Waals surface area contributed by atoms with Gasteiger partial charge >= 0.3 is 0 Å². The molecule has 0 aromatic heterocycles. The van der Waals surface area contributed by atoms with Crippen LogP contribution < -0.4 is 9.47 Å². The first-order valence-corrected chi connectivity index (χ1v) is 5.15. The Morgan fingerprint density at radius 1 is 1.38 bits per heavy atom. The standard InChI is InChI=1S/C12H17NO3/c1-9(2)8-16-11-5-4-10(7-13-14)6-12(11)15-3/h4-7,9,14H,8H2,1-3H3/b13-7-. The van der Waals surface area contributed by atoms with E-state index in [1.54, 1.807) is 25.3 Å². The normalized spacial score (nSPS) is 11.0. The highest BCUT2D eigenvalue weighted by molar-refractivity contribution is 5.80. The van der Waals surface area contributed by atoms with E-state index in [1.807, 2.05) is 0 Å². The lowest BCUT2D eigenvalue weighted by Gasteiger charge is -2.12. The molecule has 0 aliphatic carbocycles. The van der Waals surface area contributed by atoms with Crippen molar-refractivity contribution in [2.75, 3.05) is 13.7 Å². The third kappa shape index (κ3) is 3.46. The molecule has 0 heterocycles. The fourth-order valence-electron chi connectivity index (χ4n) is 1.21. The van der Waals surface area contributed by atoms with Crippen molar-refractivity contribution < 1.29 is 14.7 Å². The number of nitrogens with zero attached hydrogens (tertiary/aromatic N) is 1. The highest BCUT2D eigenvalue weighted by Crippen LogP contribution is 2.27. The average molecular weight is 223 g/mol. The molecule has 0 aliphatic rings. The lowest BCUT2D eigenvalue weighted by Crippen LogP contribution is -2.05. The summed E-state index contributed by atoms with van der Waals surface area (Å²) in [5, 5.41) is 11.4. The molecule has 4 nitrogen and oxygen atoms in total. The van der Waals surface area contributed by atoms with Crippen molar-refractivity contribution in [3.05, 3.63) is 23.8 Å². The second-order valence-electron chi connectivity index (χ2n) is 3.86. The van der Waals surface area contributed by atoms with E-state index in [1.165, 1.54) is 6.21 Å². The number of rotatable bonds is 5. The van der Waals surface area contributed by atoms with Gasteiger partial charge in [-0.15, -0.1) is 0 Å². The van der Waals surface area contributed by atoms with E-state index in [2.05, 4.69) is 19.0 Å². The van der Waals surface area contributed by atoms with Crippen LogP contribution in [0.15, 0.2) is 23.4 Å². The van der Waals surface area contributed by atoms with Crippen molar-refractivity contribution in [1.29, 1.82) is 0 Å². The number of methoxy groups -OCH3 is 1. The highest BCUT2D eigenvalue weighted by Gasteiger charge is 2.05. The predicted octanol–water partition coefficient (Wildman–Crippen LogP) is 2.54. The summed E-state index contributed by atoms with van der Waals surface area (Å²) in [7, 11) is 1.58. The van der Waals surface area contributed by atoms with Crippen LogP contribution >= 0.6 is 0 Å². The summed E-state index contributed by atoms with van der Waals surface area (Å²) >= 11 is 0. The van der Waals surface area contributed by atoms with Crippen molar-refractivity contribution in [1.82, 2.24) is 0 Å². The molecule has 0 unspecified atom stereocenters. The molecule has 1 aromatic rings. The minimum atomic E-state index is 0.461. The summed E-state index contributed by atoms with van der Waals surface area (Å²) in [6, 6.07) is 5.37. The molecular formula is C12H17NO3. The van der Waals surface area contributed by atoms with Gasteiger partial charge in [-0.3, -0.25) is 0 Å². The molecule has 4 heteroatoms. The lowest BCUT2D eigenvalue weighted by atomic mass is 10.2. The minimum Gasteiger partial charge on any atom is -0.493 e. The van der Waals surface area contributed by atoms with Gasteiger partial charge in [0.1, 0.15) is 0 Å². The molecule has 0 bridgehead atoms. The quantitative estimate of drug-likeness (QED) is 0.474. The lowest BCUT2D eigenvalue weighted by molar-refractivity contribution is 0.257. The third-order valence-electron chi connectivity index (χ3n) is 1.97. The van der Waals surface area contributed by atoms with E-state index in [0.717, 1.165) is 5.56 Å². The van der Waals surface area contributed by atoms with E-state index < -0.39 is 0 Å². The van der Waals surface area contributed by atoms with E-state index in [4.69, 9.17) is 14.7 Å². The summed E-state index contributed by atoms with van der Waals surface area (Å²) in [5.74, 6) is 1.80. The third-order valence-corrected chi connectivity index (χ3v) is 1.97. The van der Waals surface area contributed by atoms with Gasteiger partial charge in [0, 0.05) is 5.56 Å². The predicted molar refractivity (Wildman–Crippen MR) is 62.7 cm³/mol. The highest BCUT2D eigenvalue weighted by atomic mass is 16.5. The number of oxime groups is 1. The van der Waals surface area contributed by atoms with Crippen LogP contribution in [0.5, 0.6) is 11.5 Å². The zero-order valence-corrected chi connectivity index (χ0v) is 9.80. The van der Waals surface area contributed by atoms with Gasteiger partial charge in [-0.25, -0.2) is 0 Å². The monoisotopic (exact) mass is 223 g/mol. The average Bonchev–Trinajstić information content (AvgIpc) is 2.27. The van der Waals surface area contributed by atoms with Crippen LogP contribution in [0.2, 0.25) is 0 Å². The fourth-order valence-corrected chi connectivity index (χ4v) is 1.21. The first kappa shape index (κ1) is 12.4. The summed E-state index contributed by atoms with van der Waals surface area (Å²) in [4.78, 5) is 0. The van der Waals surface area contributed by atoms with Crippen molar-refractivity contribution in [2.45, 2.75) is 13.8 Å². The number of hydrogen-bond acceptors (Lipinski definition) is 4. The summed E-state index contributed by atoms with van der Waals surface area (Å²) in [5.41, 5.74) is 0.760. The number of hydrogen-bond donors (Lipinski definition) is 1. The summed E-state index contributed by atoms with van der Waals surface area (Å²) < 4.78 is 10.8. The molecule has 0 fully saturated rings. The minimum absolute atomic E-state index is 0.461. The SMILES string of the molecule is COc1cc(/C=N\O)ccc1OCC(C)C. The number of benzene rings is 1. The Hall–Kier alpha value is -1.71. The van der Waals surface area contributed by atoms with Gasteiger partial charge in [-0.05, 0) is 24.1 Å². The molecule has 0 radical (unpaired) electrons. The van der Waals surface area contributed by atoms with Crippen LogP contribution in [-0.2, 0) is 0 Å². The molecule has 0 saturated heterocycles. The summed E-state index contributed by atoms with van der Waals surface area (Å²) in [6.45, 7) is 4.81. The van der Waals surface area contributed by atoms with E-state index in [9.17, 15) is 0 Å². The van der Waals surface area contributed by atoms with Gasteiger partial charge < -0.3 is 14.7 Å². The van der Waals surface area contributed by atoms with E-state index in [0.29, 0.717) is 24.0 Å². The second kappa shape index (κ2) is 6.00. The second-order valence-corrected chi connectivity index (χ2v) is 3.86. The van der Waals surface area contributed by atoms with Gasteiger partial charge in [-0.2, -0.15) is 0 Å². The molecule has 1 N–H and O–H groups in total. The van der Waals surface area contributed by atoms with E-state index in [-0.39, 0.29) is 0 Å². The maximum Gasteiger partial charge on any atom is 0.161 e. The maximum atomic E-state index is 8.43. The van der Waals surface area contributed by atoms with Crippen molar-refractivity contribution in [3.8, 4) is 11.5 Å². The molecule has 1 aromatic carbocycles. The van der Waals surface area contributed by atoms with Crippen molar-refractivity contribution in [2.24, 2.45) is 11.1 Å². The first-order valence-electron chi connectivity index (χ1n) is 5.15. The van der Waals surface area contributed by atoms with Crippen molar-refractivity contribution in [3.63, 3.8) is 0 Å². The topological polar surface area (TPSA) is 51.0 Å². The van der Waals surface area contributed by atoms with Gasteiger partial charge in [0.25, 0.3) is 0 Å². The number of ether oxygens (including phenoxy) is 2. The molecule has 16 heavy (non-hydrogen) atoms. The molecule has 0 spiro atoms. The van der Waals surface area contributed by atoms with E-state index >= 15 is 0 Å². The molecule has 1 rings (SSSR count). The first-order chi connectivity index (χ1) is 7.67. The largest absolute Gasteiger partial charge is 0.493 e. The zero-order valence-electron chi connectivity index (χ0n) is 9.80. The Labute approximate surface area is 95.5 Å². The Kier molecular flexibility index (Phi) is 4.64. The zero-order chi connectivity index (χ0) is 12.0. The van der Waals surface area contributed by atoms with Crippen LogP contribution in [-0.4, -0.2) is 25.1 Å². The fraction of sp³-hybridized carbons (Fsp3) is 0.417. The Bertz CT molecular complexity index is 361. The van der Waals surface area contributed by atoms with Crippen LogP contribution in [0.3, 0.4) is 0 Å². The van der Waals surface area contributed by atoms with Crippen LogP contribution in [0, 0.1) is 5.92 Å². The Morgan fingerprint density at radius 3 is 2.69 bits per heavy atom. The molecule has 0 saturated carbocycles. The molecule has 0 aliphatic heterocycles.